The molecule has 4 aromatic heterocycles. The molecule has 124 valence electrons. The molecular formula is C17H14N6O2. The normalized spacial score (nSPS) is 11.0. The Kier molecular flexibility index (Phi) is 3.50. The molecular weight excluding hydrogens is 320 g/mol. The maximum atomic E-state index is 12.2. The van der Waals surface area contributed by atoms with Gasteiger partial charge in [0.1, 0.15) is 12.1 Å². The van der Waals surface area contributed by atoms with E-state index in [-0.39, 0.29) is 11.6 Å². The minimum atomic E-state index is -0.371. The lowest BCUT2D eigenvalue weighted by atomic mass is 10.1. The lowest BCUT2D eigenvalue weighted by Crippen LogP contribution is -2.13. The van der Waals surface area contributed by atoms with E-state index < -0.39 is 0 Å². The van der Waals surface area contributed by atoms with Gasteiger partial charge in [-0.3, -0.25) is 9.78 Å². The number of carbonyl (C=O) groups excluding carboxylic acids is 1. The van der Waals surface area contributed by atoms with E-state index in [1.54, 1.807) is 37.9 Å². The molecule has 0 saturated carbocycles. The van der Waals surface area contributed by atoms with Gasteiger partial charge in [0.25, 0.3) is 5.91 Å². The van der Waals surface area contributed by atoms with Crippen LogP contribution in [0, 0.1) is 6.92 Å². The number of hydrogen-bond acceptors (Lipinski definition) is 6. The van der Waals surface area contributed by atoms with Gasteiger partial charge in [-0.2, -0.15) is 0 Å². The molecule has 4 heterocycles. The van der Waals surface area contributed by atoms with E-state index in [9.17, 15) is 4.79 Å². The van der Waals surface area contributed by atoms with E-state index in [4.69, 9.17) is 4.42 Å². The van der Waals surface area contributed by atoms with E-state index in [1.165, 1.54) is 6.26 Å². The van der Waals surface area contributed by atoms with Crippen molar-refractivity contribution in [3.05, 3.63) is 54.9 Å². The third kappa shape index (κ3) is 2.85. The van der Waals surface area contributed by atoms with Crippen LogP contribution in [0.3, 0.4) is 0 Å². The Morgan fingerprint density at radius 2 is 2.00 bits per heavy atom. The van der Waals surface area contributed by atoms with Gasteiger partial charge in [0.05, 0.1) is 23.9 Å². The van der Waals surface area contributed by atoms with Crippen molar-refractivity contribution < 1.29 is 9.21 Å². The van der Waals surface area contributed by atoms with Crippen molar-refractivity contribution in [1.82, 2.24) is 24.5 Å². The van der Waals surface area contributed by atoms with Gasteiger partial charge in [0.15, 0.2) is 11.6 Å². The first-order valence-electron chi connectivity index (χ1n) is 7.56. The number of anilines is 1. The summed E-state index contributed by atoms with van der Waals surface area (Å²) >= 11 is 0. The third-order valence-electron chi connectivity index (χ3n) is 3.78. The van der Waals surface area contributed by atoms with Gasteiger partial charge >= 0.3 is 0 Å². The maximum absolute atomic E-state index is 12.2. The Balaban J connectivity index is 1.67. The quantitative estimate of drug-likeness (QED) is 0.618. The summed E-state index contributed by atoms with van der Waals surface area (Å²) in [7, 11) is 1.91. The van der Waals surface area contributed by atoms with E-state index in [0.717, 1.165) is 22.2 Å². The highest BCUT2D eigenvalue weighted by atomic mass is 16.3. The van der Waals surface area contributed by atoms with Gasteiger partial charge < -0.3 is 14.3 Å². The van der Waals surface area contributed by atoms with Crippen LogP contribution < -0.4 is 5.32 Å². The summed E-state index contributed by atoms with van der Waals surface area (Å²) in [5.41, 5.74) is 1.91. The number of amides is 1. The number of nitrogens with one attached hydrogen (secondary N) is 1. The number of oxazole rings is 1. The van der Waals surface area contributed by atoms with Crippen LogP contribution in [0.4, 0.5) is 5.82 Å². The topological polar surface area (TPSA) is 98.7 Å². The molecule has 1 N–H and O–H groups in total. The van der Waals surface area contributed by atoms with Crippen LogP contribution in [0.1, 0.15) is 16.4 Å². The first kappa shape index (κ1) is 15.0. The Morgan fingerprint density at radius 3 is 2.72 bits per heavy atom. The molecule has 0 bridgehead atoms. The van der Waals surface area contributed by atoms with Crippen LogP contribution in [0.2, 0.25) is 0 Å². The standard InChI is InChI=1S/C17H14N6O2/c1-10-21-14(8-25-10)17(24)22-16-4-11-3-13(15-7-18-9-23(15)2)19-5-12(11)6-20-16/h3-9H,1-2H3,(H,20,22,24). The number of imidazole rings is 1. The molecule has 8 nitrogen and oxygen atoms in total. The molecule has 0 atom stereocenters. The van der Waals surface area contributed by atoms with Crippen LogP contribution in [0.5, 0.6) is 0 Å². The molecule has 4 rings (SSSR count). The molecule has 4 aromatic rings. The van der Waals surface area contributed by atoms with Crippen molar-refractivity contribution >= 4 is 22.5 Å². The van der Waals surface area contributed by atoms with Crippen LogP contribution >= 0.6 is 0 Å². The van der Waals surface area contributed by atoms with Gasteiger partial charge in [-0.25, -0.2) is 15.0 Å². The van der Waals surface area contributed by atoms with Crippen molar-refractivity contribution in [3.8, 4) is 11.4 Å². The second kappa shape index (κ2) is 5.82. The van der Waals surface area contributed by atoms with E-state index in [1.807, 2.05) is 17.7 Å². The lowest BCUT2D eigenvalue weighted by Gasteiger charge is -2.06. The summed E-state index contributed by atoms with van der Waals surface area (Å²) in [6.45, 7) is 1.68. The molecule has 0 aliphatic carbocycles. The molecule has 0 radical (unpaired) electrons. The highest BCUT2D eigenvalue weighted by molar-refractivity contribution is 6.03. The molecule has 0 unspecified atom stereocenters. The highest BCUT2D eigenvalue weighted by Crippen LogP contribution is 2.22. The second-order valence-electron chi connectivity index (χ2n) is 5.58. The molecule has 25 heavy (non-hydrogen) atoms. The van der Waals surface area contributed by atoms with Crippen molar-refractivity contribution in [3.63, 3.8) is 0 Å². The summed E-state index contributed by atoms with van der Waals surface area (Å²) in [5, 5.41) is 4.50. The molecule has 0 aliphatic rings. The smallest absolute Gasteiger partial charge is 0.278 e. The Hall–Kier alpha value is -3.55. The summed E-state index contributed by atoms with van der Waals surface area (Å²) in [6, 6.07) is 3.73. The van der Waals surface area contributed by atoms with Crippen LogP contribution in [-0.4, -0.2) is 30.4 Å². The van der Waals surface area contributed by atoms with Crippen LogP contribution in [0.15, 0.2) is 47.7 Å². The molecule has 0 saturated heterocycles. The number of hydrogen-bond donors (Lipinski definition) is 1. The fourth-order valence-electron chi connectivity index (χ4n) is 2.50. The third-order valence-corrected chi connectivity index (χ3v) is 3.78. The van der Waals surface area contributed by atoms with Crippen LogP contribution in [0.25, 0.3) is 22.2 Å². The zero-order chi connectivity index (χ0) is 17.4. The van der Waals surface area contributed by atoms with E-state index in [2.05, 4.69) is 25.3 Å². The molecule has 1 amide bonds. The average molecular weight is 334 g/mol. The summed E-state index contributed by atoms with van der Waals surface area (Å²) < 4.78 is 6.95. The minimum absolute atomic E-state index is 0.213. The van der Waals surface area contributed by atoms with E-state index in [0.29, 0.717) is 11.7 Å². The molecule has 0 fully saturated rings. The Labute approximate surface area is 142 Å². The zero-order valence-electron chi connectivity index (χ0n) is 13.6. The maximum Gasteiger partial charge on any atom is 0.278 e. The lowest BCUT2D eigenvalue weighted by molar-refractivity contribution is 0.102. The van der Waals surface area contributed by atoms with Gasteiger partial charge in [-0.15, -0.1) is 0 Å². The number of aromatic nitrogens is 5. The largest absolute Gasteiger partial charge is 0.448 e. The number of pyridine rings is 2. The fourth-order valence-corrected chi connectivity index (χ4v) is 2.50. The van der Waals surface area contributed by atoms with Gasteiger partial charge in [0.2, 0.25) is 0 Å². The summed E-state index contributed by atoms with van der Waals surface area (Å²) in [5.74, 6) is 0.494. The number of carbonyl (C=O) groups is 1. The molecule has 0 aliphatic heterocycles. The Bertz CT molecular complexity index is 1080. The average Bonchev–Trinajstić information content (AvgIpc) is 3.22. The zero-order valence-corrected chi connectivity index (χ0v) is 13.6. The minimum Gasteiger partial charge on any atom is -0.448 e. The number of nitrogens with zero attached hydrogens (tertiary/aromatic N) is 5. The van der Waals surface area contributed by atoms with Gasteiger partial charge in [-0.1, -0.05) is 0 Å². The summed E-state index contributed by atoms with van der Waals surface area (Å²) in [6.07, 6.45) is 8.21. The number of rotatable bonds is 3. The van der Waals surface area contributed by atoms with Crippen molar-refractivity contribution in [2.45, 2.75) is 6.92 Å². The Morgan fingerprint density at radius 1 is 1.16 bits per heavy atom. The predicted molar refractivity (Wildman–Crippen MR) is 90.9 cm³/mol. The van der Waals surface area contributed by atoms with Crippen molar-refractivity contribution in [2.75, 3.05) is 5.32 Å². The van der Waals surface area contributed by atoms with Gasteiger partial charge in [0, 0.05) is 31.8 Å². The van der Waals surface area contributed by atoms with Gasteiger partial charge in [-0.05, 0) is 17.5 Å². The molecule has 8 heteroatoms. The second-order valence-corrected chi connectivity index (χ2v) is 5.58. The molecule has 0 spiro atoms. The van der Waals surface area contributed by atoms with E-state index >= 15 is 0 Å². The van der Waals surface area contributed by atoms with Crippen molar-refractivity contribution in [2.24, 2.45) is 7.05 Å². The number of fused-ring (bicyclic) bond motifs is 1. The SMILES string of the molecule is Cc1nc(C(=O)Nc2cc3cc(-c4cncn4C)ncc3cn2)co1. The summed E-state index contributed by atoms with van der Waals surface area (Å²) in [4.78, 5) is 29.0. The van der Waals surface area contributed by atoms with Crippen molar-refractivity contribution in [1.29, 1.82) is 0 Å². The predicted octanol–water partition coefficient (Wildman–Crippen LogP) is 2.58. The first-order chi connectivity index (χ1) is 12.1. The highest BCUT2D eigenvalue weighted by Gasteiger charge is 2.12. The first-order valence-corrected chi connectivity index (χ1v) is 7.56. The number of aryl methyl sites for hydroxylation is 2. The molecule has 0 aromatic carbocycles. The fraction of sp³-hybridized carbons (Fsp3) is 0.118. The monoisotopic (exact) mass is 334 g/mol. The van der Waals surface area contributed by atoms with Crippen LogP contribution in [-0.2, 0) is 7.05 Å².